The molecule has 1 saturated heterocycles. The van der Waals surface area contributed by atoms with E-state index < -0.39 is 0 Å². The molecular formula is C16H26FN3. The minimum atomic E-state index is -0.173. The van der Waals surface area contributed by atoms with Crippen molar-refractivity contribution >= 4 is 0 Å². The molecule has 0 aromatic heterocycles. The van der Waals surface area contributed by atoms with Gasteiger partial charge in [-0.05, 0) is 45.0 Å². The molecule has 0 amide bonds. The van der Waals surface area contributed by atoms with Crippen LogP contribution in [0.3, 0.4) is 0 Å². The largest absolute Gasteiger partial charge is 0.329 e. The highest BCUT2D eigenvalue weighted by molar-refractivity contribution is 5.20. The molecule has 1 aliphatic rings. The van der Waals surface area contributed by atoms with Gasteiger partial charge < -0.3 is 10.6 Å². The van der Waals surface area contributed by atoms with Gasteiger partial charge >= 0.3 is 0 Å². The maximum atomic E-state index is 13.9. The molecule has 0 saturated carbocycles. The van der Waals surface area contributed by atoms with Gasteiger partial charge in [0.15, 0.2) is 0 Å². The second-order valence-electron chi connectivity index (χ2n) is 6.11. The minimum absolute atomic E-state index is 0.126. The molecule has 0 aliphatic carbocycles. The van der Waals surface area contributed by atoms with E-state index in [9.17, 15) is 4.39 Å². The quantitative estimate of drug-likeness (QED) is 0.911. The molecule has 112 valence electrons. The molecule has 4 heteroatoms. The number of hydrogen-bond acceptors (Lipinski definition) is 3. The summed E-state index contributed by atoms with van der Waals surface area (Å²) in [6, 6.07) is 7.03. The molecule has 20 heavy (non-hydrogen) atoms. The number of benzene rings is 1. The summed E-state index contributed by atoms with van der Waals surface area (Å²) in [5.41, 5.74) is 6.63. The Balaban J connectivity index is 2.14. The van der Waals surface area contributed by atoms with Crippen LogP contribution in [0.15, 0.2) is 24.3 Å². The molecule has 0 spiro atoms. The first kappa shape index (κ1) is 15.4. The van der Waals surface area contributed by atoms with Gasteiger partial charge in [-0.25, -0.2) is 4.39 Å². The lowest BCUT2D eigenvalue weighted by Crippen LogP contribution is -2.54. The normalized spacial score (nSPS) is 21.4. The molecule has 3 nitrogen and oxygen atoms in total. The van der Waals surface area contributed by atoms with Crippen LogP contribution in [0.4, 0.5) is 4.39 Å². The standard InChI is InChI=1S/C16H26FN3/c1-16(13-18,12-14-6-3-4-7-15(14)17)20-9-5-8-19(2)10-11-20/h3-4,6-7H,5,8-13,18H2,1-2H3. The highest BCUT2D eigenvalue weighted by atomic mass is 19.1. The van der Waals surface area contributed by atoms with Gasteiger partial charge in [0, 0.05) is 31.7 Å². The topological polar surface area (TPSA) is 32.5 Å². The number of likely N-dealkylation sites (N-methyl/N-ethyl adjacent to an activating group) is 1. The van der Waals surface area contributed by atoms with E-state index in [1.54, 1.807) is 6.07 Å². The first-order chi connectivity index (χ1) is 9.55. The highest BCUT2D eigenvalue weighted by Crippen LogP contribution is 2.23. The van der Waals surface area contributed by atoms with Crippen LogP contribution >= 0.6 is 0 Å². The van der Waals surface area contributed by atoms with Crippen LogP contribution < -0.4 is 5.73 Å². The maximum Gasteiger partial charge on any atom is 0.126 e. The van der Waals surface area contributed by atoms with Gasteiger partial charge in [-0.1, -0.05) is 18.2 Å². The van der Waals surface area contributed by atoms with E-state index >= 15 is 0 Å². The van der Waals surface area contributed by atoms with Crippen molar-refractivity contribution in [2.45, 2.75) is 25.3 Å². The molecule has 0 radical (unpaired) electrons. The Kier molecular flexibility index (Phi) is 5.13. The lowest BCUT2D eigenvalue weighted by molar-refractivity contribution is 0.114. The third kappa shape index (κ3) is 3.57. The molecule has 1 heterocycles. The lowest BCUT2D eigenvalue weighted by atomic mass is 9.90. The Bertz CT molecular complexity index is 437. The summed E-state index contributed by atoms with van der Waals surface area (Å²) in [6.07, 6.45) is 1.81. The van der Waals surface area contributed by atoms with Crippen LogP contribution in [0.1, 0.15) is 18.9 Å². The van der Waals surface area contributed by atoms with Crippen molar-refractivity contribution in [2.24, 2.45) is 5.73 Å². The van der Waals surface area contributed by atoms with E-state index in [1.165, 1.54) is 6.07 Å². The molecule has 0 bridgehead atoms. The van der Waals surface area contributed by atoms with Crippen molar-refractivity contribution < 1.29 is 4.39 Å². The molecule has 1 aliphatic heterocycles. The molecule has 2 rings (SSSR count). The third-order valence-electron chi connectivity index (χ3n) is 4.45. The fourth-order valence-corrected chi connectivity index (χ4v) is 2.95. The van der Waals surface area contributed by atoms with E-state index in [4.69, 9.17) is 5.73 Å². The van der Waals surface area contributed by atoms with Gasteiger partial charge in [0.25, 0.3) is 0 Å². The molecule has 1 atom stereocenters. The van der Waals surface area contributed by atoms with E-state index in [0.717, 1.165) is 38.2 Å². The Hall–Kier alpha value is -0.970. The minimum Gasteiger partial charge on any atom is -0.329 e. The number of rotatable bonds is 4. The lowest BCUT2D eigenvalue weighted by Gasteiger charge is -2.40. The summed E-state index contributed by atoms with van der Waals surface area (Å²) in [5.74, 6) is -0.126. The van der Waals surface area contributed by atoms with Crippen LogP contribution in [-0.2, 0) is 6.42 Å². The summed E-state index contributed by atoms with van der Waals surface area (Å²) in [6.45, 7) is 6.91. The maximum absolute atomic E-state index is 13.9. The average Bonchev–Trinajstić information content (AvgIpc) is 2.66. The van der Waals surface area contributed by atoms with Gasteiger partial charge in [-0.2, -0.15) is 0 Å². The van der Waals surface area contributed by atoms with Gasteiger partial charge in [-0.3, -0.25) is 4.90 Å². The number of nitrogens with zero attached hydrogens (tertiary/aromatic N) is 2. The van der Waals surface area contributed by atoms with Gasteiger partial charge in [0.2, 0.25) is 0 Å². The summed E-state index contributed by atoms with van der Waals surface area (Å²) >= 11 is 0. The van der Waals surface area contributed by atoms with E-state index in [-0.39, 0.29) is 11.4 Å². The van der Waals surface area contributed by atoms with Crippen molar-refractivity contribution in [1.82, 2.24) is 9.80 Å². The Labute approximate surface area is 121 Å². The molecule has 1 aromatic carbocycles. The fraction of sp³-hybridized carbons (Fsp3) is 0.625. The smallest absolute Gasteiger partial charge is 0.126 e. The van der Waals surface area contributed by atoms with Crippen molar-refractivity contribution in [1.29, 1.82) is 0 Å². The van der Waals surface area contributed by atoms with E-state index in [2.05, 4.69) is 23.8 Å². The SMILES string of the molecule is CN1CCCN(C(C)(CN)Cc2ccccc2F)CC1. The molecule has 2 N–H and O–H groups in total. The van der Waals surface area contributed by atoms with Crippen LogP contribution in [0.5, 0.6) is 0 Å². The predicted octanol–water partition coefficient (Wildman–Crippen LogP) is 1.72. The highest BCUT2D eigenvalue weighted by Gasteiger charge is 2.32. The summed E-state index contributed by atoms with van der Waals surface area (Å²) in [7, 11) is 2.15. The zero-order valence-corrected chi connectivity index (χ0v) is 12.6. The zero-order chi connectivity index (χ0) is 14.6. The van der Waals surface area contributed by atoms with Gasteiger partial charge in [0.1, 0.15) is 5.82 Å². The number of nitrogens with two attached hydrogens (primary N) is 1. The first-order valence-electron chi connectivity index (χ1n) is 7.42. The van der Waals surface area contributed by atoms with E-state index in [1.807, 2.05) is 12.1 Å². The van der Waals surface area contributed by atoms with Gasteiger partial charge in [-0.15, -0.1) is 0 Å². The monoisotopic (exact) mass is 279 g/mol. The molecule has 1 unspecified atom stereocenters. The molecular weight excluding hydrogens is 253 g/mol. The number of hydrogen-bond donors (Lipinski definition) is 1. The van der Waals surface area contributed by atoms with Crippen molar-refractivity contribution in [3.8, 4) is 0 Å². The second kappa shape index (κ2) is 6.66. The average molecular weight is 279 g/mol. The first-order valence-corrected chi connectivity index (χ1v) is 7.42. The van der Waals surface area contributed by atoms with Crippen LogP contribution in [-0.4, -0.2) is 55.1 Å². The summed E-state index contributed by atoms with van der Waals surface area (Å²) in [5, 5.41) is 0. The van der Waals surface area contributed by atoms with E-state index in [0.29, 0.717) is 13.0 Å². The van der Waals surface area contributed by atoms with Crippen LogP contribution in [0.2, 0.25) is 0 Å². The van der Waals surface area contributed by atoms with Crippen molar-refractivity contribution in [3.63, 3.8) is 0 Å². The Morgan fingerprint density at radius 3 is 2.65 bits per heavy atom. The molecule has 1 fully saturated rings. The Morgan fingerprint density at radius 2 is 1.95 bits per heavy atom. The third-order valence-corrected chi connectivity index (χ3v) is 4.45. The van der Waals surface area contributed by atoms with Crippen molar-refractivity contribution in [2.75, 3.05) is 39.8 Å². The zero-order valence-electron chi connectivity index (χ0n) is 12.6. The van der Waals surface area contributed by atoms with Crippen LogP contribution in [0.25, 0.3) is 0 Å². The number of halogens is 1. The fourth-order valence-electron chi connectivity index (χ4n) is 2.95. The van der Waals surface area contributed by atoms with Crippen LogP contribution in [0, 0.1) is 5.82 Å². The van der Waals surface area contributed by atoms with Crippen molar-refractivity contribution in [3.05, 3.63) is 35.6 Å². The Morgan fingerprint density at radius 1 is 1.20 bits per heavy atom. The second-order valence-corrected chi connectivity index (χ2v) is 6.11. The molecule has 1 aromatic rings. The summed E-state index contributed by atoms with van der Waals surface area (Å²) < 4.78 is 13.9. The van der Waals surface area contributed by atoms with Gasteiger partial charge in [0.05, 0.1) is 0 Å². The summed E-state index contributed by atoms with van der Waals surface area (Å²) in [4.78, 5) is 4.78. The predicted molar refractivity (Wildman–Crippen MR) is 81.3 cm³/mol.